The Balaban J connectivity index is 0.00000363. The Morgan fingerprint density at radius 3 is 2.34 bits per heavy atom. The summed E-state index contributed by atoms with van der Waals surface area (Å²) in [5.41, 5.74) is 0.905. The topological polar surface area (TPSA) is 84.9 Å². The molecule has 1 aromatic carbocycles. The molecule has 2 saturated heterocycles. The highest BCUT2D eigenvalue weighted by molar-refractivity contribution is 14.0. The third-order valence-electron chi connectivity index (χ3n) is 5.62. The Morgan fingerprint density at radius 1 is 1.09 bits per heavy atom. The van der Waals surface area contributed by atoms with Crippen molar-refractivity contribution in [3.05, 3.63) is 17.7 Å². The standard InChI is InChI=1S/C22H34N4O5.HI/c1-5-23-22(24-15-16-8-9-17(28-2)20(30-4)19(16)29-3)26-12-10-25(11-13-26)21(27)18-7-6-14-31-18;/h8-9,18H,5-7,10-15H2,1-4H3,(H,23,24);1H. The van der Waals surface area contributed by atoms with Gasteiger partial charge in [-0.15, -0.1) is 24.0 Å². The van der Waals surface area contributed by atoms with E-state index in [4.69, 9.17) is 23.9 Å². The monoisotopic (exact) mass is 562 g/mol. The van der Waals surface area contributed by atoms with Gasteiger partial charge in [0.25, 0.3) is 5.91 Å². The van der Waals surface area contributed by atoms with Crippen LogP contribution in [0.4, 0.5) is 0 Å². The van der Waals surface area contributed by atoms with Crippen molar-refractivity contribution in [2.75, 3.05) is 60.7 Å². The number of rotatable bonds is 7. The number of hydrogen-bond acceptors (Lipinski definition) is 6. The second-order valence-electron chi connectivity index (χ2n) is 7.48. The van der Waals surface area contributed by atoms with E-state index in [2.05, 4.69) is 10.2 Å². The lowest BCUT2D eigenvalue weighted by Crippen LogP contribution is -2.55. The first-order valence-electron chi connectivity index (χ1n) is 10.8. The van der Waals surface area contributed by atoms with Crippen LogP contribution >= 0.6 is 24.0 Å². The smallest absolute Gasteiger partial charge is 0.251 e. The molecule has 1 amide bonds. The fourth-order valence-corrected chi connectivity index (χ4v) is 3.99. The van der Waals surface area contributed by atoms with Crippen LogP contribution in [0.15, 0.2) is 17.1 Å². The van der Waals surface area contributed by atoms with Crippen molar-refractivity contribution in [2.24, 2.45) is 4.99 Å². The fraction of sp³-hybridized carbons (Fsp3) is 0.636. The van der Waals surface area contributed by atoms with Crippen LogP contribution in [-0.4, -0.2) is 88.4 Å². The SMILES string of the molecule is CCNC(=NCc1ccc(OC)c(OC)c1OC)N1CCN(C(=O)C2CCCO2)CC1.I. The summed E-state index contributed by atoms with van der Waals surface area (Å²) in [6, 6.07) is 3.79. The zero-order valence-corrected chi connectivity index (χ0v) is 21.7. The first-order chi connectivity index (χ1) is 15.1. The number of carbonyl (C=O) groups is 1. The summed E-state index contributed by atoms with van der Waals surface area (Å²) in [5, 5.41) is 3.36. The summed E-state index contributed by atoms with van der Waals surface area (Å²) in [5.74, 6) is 2.74. The molecule has 2 aliphatic heterocycles. The van der Waals surface area contributed by atoms with Crippen molar-refractivity contribution < 1.29 is 23.7 Å². The van der Waals surface area contributed by atoms with Gasteiger partial charge in [-0.05, 0) is 31.9 Å². The zero-order chi connectivity index (χ0) is 22.2. The van der Waals surface area contributed by atoms with Crippen molar-refractivity contribution in [3.8, 4) is 17.2 Å². The van der Waals surface area contributed by atoms with E-state index in [0.29, 0.717) is 43.5 Å². The van der Waals surface area contributed by atoms with E-state index in [1.54, 1.807) is 21.3 Å². The molecule has 1 N–H and O–H groups in total. The van der Waals surface area contributed by atoms with Crippen molar-refractivity contribution in [2.45, 2.75) is 32.4 Å². The predicted molar refractivity (Wildman–Crippen MR) is 133 cm³/mol. The summed E-state index contributed by atoms with van der Waals surface area (Å²) in [6.45, 7) is 6.72. The maximum absolute atomic E-state index is 12.6. The van der Waals surface area contributed by atoms with Gasteiger partial charge in [0.1, 0.15) is 6.10 Å². The number of piperazine rings is 1. The highest BCUT2D eigenvalue weighted by atomic mass is 127. The number of benzene rings is 1. The molecule has 32 heavy (non-hydrogen) atoms. The predicted octanol–water partition coefficient (Wildman–Crippen LogP) is 2.12. The molecule has 2 fully saturated rings. The first kappa shape index (κ1) is 26.3. The van der Waals surface area contributed by atoms with Crippen LogP contribution in [0.2, 0.25) is 0 Å². The molecule has 3 rings (SSSR count). The van der Waals surface area contributed by atoms with E-state index in [9.17, 15) is 4.79 Å². The molecular weight excluding hydrogens is 527 g/mol. The van der Waals surface area contributed by atoms with Crippen LogP contribution in [0.25, 0.3) is 0 Å². The van der Waals surface area contributed by atoms with Gasteiger partial charge in [0, 0.05) is 44.9 Å². The number of methoxy groups -OCH3 is 3. The number of halogens is 1. The van der Waals surface area contributed by atoms with E-state index in [1.165, 1.54) is 0 Å². The Morgan fingerprint density at radius 2 is 1.78 bits per heavy atom. The summed E-state index contributed by atoms with van der Waals surface area (Å²) in [7, 11) is 4.80. The van der Waals surface area contributed by atoms with Crippen LogP contribution < -0.4 is 19.5 Å². The average Bonchev–Trinajstić information content (AvgIpc) is 3.35. The van der Waals surface area contributed by atoms with E-state index >= 15 is 0 Å². The molecule has 0 radical (unpaired) electrons. The number of ether oxygens (including phenoxy) is 4. The molecular formula is C22H35IN4O5. The molecule has 180 valence electrons. The molecule has 1 atom stereocenters. The molecule has 0 bridgehead atoms. The molecule has 1 unspecified atom stereocenters. The summed E-state index contributed by atoms with van der Waals surface area (Å²) in [6.07, 6.45) is 1.54. The van der Waals surface area contributed by atoms with Crippen LogP contribution in [0.1, 0.15) is 25.3 Å². The van der Waals surface area contributed by atoms with E-state index < -0.39 is 0 Å². The van der Waals surface area contributed by atoms with Gasteiger partial charge in [0.05, 0.1) is 27.9 Å². The zero-order valence-electron chi connectivity index (χ0n) is 19.4. The highest BCUT2D eigenvalue weighted by Gasteiger charge is 2.31. The Hall–Kier alpha value is -1.95. The summed E-state index contributed by atoms with van der Waals surface area (Å²) >= 11 is 0. The van der Waals surface area contributed by atoms with Gasteiger partial charge in [0.2, 0.25) is 5.75 Å². The molecule has 9 nitrogen and oxygen atoms in total. The van der Waals surface area contributed by atoms with Crippen LogP contribution in [0.3, 0.4) is 0 Å². The average molecular weight is 562 g/mol. The molecule has 0 saturated carbocycles. The summed E-state index contributed by atoms with van der Waals surface area (Å²) < 4.78 is 22.0. The lowest BCUT2D eigenvalue weighted by Gasteiger charge is -2.37. The van der Waals surface area contributed by atoms with E-state index in [0.717, 1.165) is 44.0 Å². The Bertz CT molecular complexity index is 778. The molecule has 0 aliphatic carbocycles. The number of nitrogens with zero attached hydrogens (tertiary/aromatic N) is 3. The largest absolute Gasteiger partial charge is 0.493 e. The first-order valence-corrected chi connectivity index (χ1v) is 10.8. The maximum Gasteiger partial charge on any atom is 0.251 e. The van der Waals surface area contributed by atoms with Crippen LogP contribution in [0, 0.1) is 0 Å². The quantitative estimate of drug-likeness (QED) is 0.310. The number of aliphatic imine (C=N–C) groups is 1. The minimum Gasteiger partial charge on any atom is -0.493 e. The number of guanidine groups is 1. The number of nitrogens with one attached hydrogen (secondary N) is 1. The second-order valence-corrected chi connectivity index (χ2v) is 7.48. The minimum atomic E-state index is -0.258. The molecule has 2 heterocycles. The van der Waals surface area contributed by atoms with E-state index in [1.807, 2.05) is 24.0 Å². The number of carbonyl (C=O) groups excluding carboxylic acids is 1. The second kappa shape index (κ2) is 12.9. The lowest BCUT2D eigenvalue weighted by molar-refractivity contribution is -0.142. The van der Waals surface area contributed by atoms with Crippen molar-refractivity contribution >= 4 is 35.8 Å². The fourth-order valence-electron chi connectivity index (χ4n) is 3.99. The third kappa shape index (κ3) is 6.09. The Kier molecular flexibility index (Phi) is 10.6. The maximum atomic E-state index is 12.6. The van der Waals surface area contributed by atoms with Gasteiger partial charge in [-0.1, -0.05) is 0 Å². The molecule has 0 spiro atoms. The number of amides is 1. The molecule has 1 aromatic rings. The molecule has 10 heteroatoms. The minimum absolute atomic E-state index is 0. The Labute approximate surface area is 207 Å². The third-order valence-corrected chi connectivity index (χ3v) is 5.62. The highest BCUT2D eigenvalue weighted by Crippen LogP contribution is 2.40. The van der Waals surface area contributed by atoms with Gasteiger partial charge >= 0.3 is 0 Å². The number of hydrogen-bond donors (Lipinski definition) is 1. The van der Waals surface area contributed by atoms with Gasteiger partial charge in [0.15, 0.2) is 17.5 Å². The van der Waals surface area contributed by atoms with Crippen LogP contribution in [0.5, 0.6) is 17.2 Å². The molecule has 0 aromatic heterocycles. The lowest BCUT2D eigenvalue weighted by atomic mass is 10.1. The van der Waals surface area contributed by atoms with Gasteiger partial charge in [-0.25, -0.2) is 4.99 Å². The van der Waals surface area contributed by atoms with Crippen molar-refractivity contribution in [1.82, 2.24) is 15.1 Å². The molecule has 2 aliphatic rings. The van der Waals surface area contributed by atoms with Gasteiger partial charge in [-0.2, -0.15) is 0 Å². The van der Waals surface area contributed by atoms with Crippen LogP contribution in [-0.2, 0) is 16.1 Å². The van der Waals surface area contributed by atoms with Crippen molar-refractivity contribution in [3.63, 3.8) is 0 Å². The van der Waals surface area contributed by atoms with Gasteiger partial charge < -0.3 is 34.1 Å². The van der Waals surface area contributed by atoms with Gasteiger partial charge in [-0.3, -0.25) is 4.79 Å². The van der Waals surface area contributed by atoms with E-state index in [-0.39, 0.29) is 36.0 Å². The summed E-state index contributed by atoms with van der Waals surface area (Å²) in [4.78, 5) is 21.5. The van der Waals surface area contributed by atoms with Crippen molar-refractivity contribution in [1.29, 1.82) is 0 Å². The normalized spacial score (nSPS) is 18.8.